The highest BCUT2D eigenvalue weighted by atomic mass is 16.5. The van der Waals surface area contributed by atoms with Crippen molar-refractivity contribution in [2.45, 2.75) is 68.8 Å². The van der Waals surface area contributed by atoms with Crippen LogP contribution in [0.4, 0.5) is 0 Å². The summed E-state index contributed by atoms with van der Waals surface area (Å²) in [5.74, 6) is -2.41. The number of hydrogen-bond donors (Lipinski definition) is 6. The van der Waals surface area contributed by atoms with E-state index in [9.17, 15) is 14.4 Å². The van der Waals surface area contributed by atoms with Crippen LogP contribution >= 0.6 is 0 Å². The lowest BCUT2D eigenvalue weighted by Crippen LogP contribution is -2.40. The fourth-order valence-corrected chi connectivity index (χ4v) is 3.63. The van der Waals surface area contributed by atoms with Crippen LogP contribution < -0.4 is 16.2 Å². The predicted molar refractivity (Wildman–Crippen MR) is 109 cm³/mol. The third-order valence-electron chi connectivity index (χ3n) is 5.54. The Morgan fingerprint density at radius 1 is 1.00 bits per heavy atom. The number of carboxylic acids is 2. The van der Waals surface area contributed by atoms with Crippen LogP contribution in [-0.4, -0.2) is 56.1 Å². The summed E-state index contributed by atoms with van der Waals surface area (Å²) < 4.78 is 6.17. The molecular formula is C21H30N2O8. The molecule has 2 aliphatic carbocycles. The molecule has 1 aromatic rings. The summed E-state index contributed by atoms with van der Waals surface area (Å²) in [6.45, 7) is 0. The van der Waals surface area contributed by atoms with Crippen LogP contribution in [0.3, 0.4) is 0 Å². The van der Waals surface area contributed by atoms with E-state index in [0.29, 0.717) is 0 Å². The molecule has 3 aliphatic rings. The Kier molecular flexibility index (Phi) is 8.37. The lowest BCUT2D eigenvalue weighted by molar-refractivity contribution is -0.165. The summed E-state index contributed by atoms with van der Waals surface area (Å²) in [7, 11) is 0. The number of rotatable bonds is 4. The molecular weight excluding hydrogens is 408 g/mol. The summed E-state index contributed by atoms with van der Waals surface area (Å²) in [4.78, 5) is 29.5. The first kappa shape index (κ1) is 24.6. The summed E-state index contributed by atoms with van der Waals surface area (Å²) >= 11 is 0. The number of ether oxygens (including phenoxy) is 1. The van der Waals surface area contributed by atoms with Crippen molar-refractivity contribution in [2.75, 3.05) is 0 Å². The van der Waals surface area contributed by atoms with E-state index in [2.05, 4.69) is 12.1 Å². The van der Waals surface area contributed by atoms with Crippen molar-refractivity contribution in [3.8, 4) is 5.75 Å². The number of aliphatic hydroxyl groups is 2. The molecule has 4 rings (SSSR count). The Morgan fingerprint density at radius 3 is 1.94 bits per heavy atom. The highest BCUT2D eigenvalue weighted by Crippen LogP contribution is 2.46. The molecule has 10 nitrogen and oxygen atoms in total. The van der Waals surface area contributed by atoms with Gasteiger partial charge in [-0.3, -0.25) is 4.79 Å². The molecule has 10 heteroatoms. The SMILES string of the molecule is NC(=O)C1CC1.N[C@@H]1CC2(CCCC2)Oc2ccccc21.O=C(O)[C@@H](O)[C@H](O)C(=O)O. The second-order valence-corrected chi connectivity index (χ2v) is 8.08. The normalized spacial score (nSPS) is 22.4. The molecule has 0 radical (unpaired) electrons. The van der Waals surface area contributed by atoms with Crippen LogP contribution in [0.2, 0.25) is 0 Å². The van der Waals surface area contributed by atoms with Gasteiger partial charge in [0.25, 0.3) is 0 Å². The molecule has 1 heterocycles. The molecule has 2 saturated carbocycles. The van der Waals surface area contributed by atoms with Gasteiger partial charge in [0.1, 0.15) is 11.4 Å². The number of nitrogens with two attached hydrogens (primary N) is 2. The van der Waals surface area contributed by atoms with Crippen molar-refractivity contribution in [3.05, 3.63) is 29.8 Å². The van der Waals surface area contributed by atoms with Crippen molar-refractivity contribution in [1.82, 2.24) is 0 Å². The van der Waals surface area contributed by atoms with Gasteiger partial charge in [-0.15, -0.1) is 0 Å². The molecule has 1 aliphatic heterocycles. The minimum atomic E-state index is -2.27. The molecule has 1 spiro atoms. The molecule has 0 saturated heterocycles. The molecule has 0 bridgehead atoms. The van der Waals surface area contributed by atoms with E-state index in [1.54, 1.807) is 0 Å². The Hall–Kier alpha value is -2.69. The molecule has 8 N–H and O–H groups in total. The predicted octanol–water partition coefficient (Wildman–Crippen LogP) is 0.541. The van der Waals surface area contributed by atoms with E-state index in [4.69, 9.17) is 36.6 Å². The molecule has 0 aromatic heterocycles. The van der Waals surface area contributed by atoms with Crippen molar-refractivity contribution < 1.29 is 39.5 Å². The minimum Gasteiger partial charge on any atom is -0.487 e. The number of hydrogen-bond acceptors (Lipinski definition) is 7. The number of aliphatic carboxylic acids is 2. The minimum absolute atomic E-state index is 0.0633. The van der Waals surface area contributed by atoms with Gasteiger partial charge in [0, 0.05) is 23.9 Å². The largest absolute Gasteiger partial charge is 0.487 e. The standard InChI is InChI=1S/C13H17NO.C4H7NO.C4H6O6/c14-11-9-13(7-3-4-8-13)15-12-6-2-1-5-10(11)12;5-4(6)3-1-2-3;5-1(3(7)8)2(6)4(9)10/h1-2,5-6,11H,3-4,7-9,14H2;3H,1-2H2,(H2,5,6);1-2,5-6H,(H,7,8)(H,9,10)/t11-;;1-,2-/m1.0/s1. The lowest BCUT2D eigenvalue weighted by atomic mass is 9.86. The molecule has 0 unspecified atom stereocenters. The fourth-order valence-electron chi connectivity index (χ4n) is 3.63. The first-order valence-corrected chi connectivity index (χ1v) is 10.2. The number of carbonyl (C=O) groups is 3. The number of benzene rings is 1. The highest BCUT2D eigenvalue weighted by molar-refractivity contribution is 5.83. The van der Waals surface area contributed by atoms with E-state index in [0.717, 1.165) is 25.0 Å². The maximum Gasteiger partial charge on any atom is 0.335 e. The van der Waals surface area contributed by atoms with Gasteiger partial charge in [-0.2, -0.15) is 0 Å². The van der Waals surface area contributed by atoms with Gasteiger partial charge in [-0.1, -0.05) is 18.2 Å². The van der Waals surface area contributed by atoms with Crippen molar-refractivity contribution in [2.24, 2.45) is 17.4 Å². The smallest absolute Gasteiger partial charge is 0.335 e. The van der Waals surface area contributed by atoms with Gasteiger partial charge in [0.2, 0.25) is 5.91 Å². The van der Waals surface area contributed by atoms with Gasteiger partial charge in [0.15, 0.2) is 12.2 Å². The lowest BCUT2D eigenvalue weighted by Gasteiger charge is -2.38. The summed E-state index contributed by atoms with van der Waals surface area (Å²) in [5.41, 5.74) is 12.3. The van der Waals surface area contributed by atoms with Gasteiger partial charge in [0.05, 0.1) is 0 Å². The zero-order valence-corrected chi connectivity index (χ0v) is 17.1. The number of carboxylic acid groups (broad SMARTS) is 2. The monoisotopic (exact) mass is 438 g/mol. The highest BCUT2D eigenvalue weighted by Gasteiger charge is 2.41. The van der Waals surface area contributed by atoms with E-state index >= 15 is 0 Å². The Morgan fingerprint density at radius 2 is 1.52 bits per heavy atom. The second kappa shape index (κ2) is 10.6. The van der Waals surface area contributed by atoms with Crippen LogP contribution in [0.5, 0.6) is 5.75 Å². The molecule has 1 aromatic carbocycles. The number of primary amides is 1. The fraction of sp³-hybridized carbons (Fsp3) is 0.571. The van der Waals surface area contributed by atoms with Crippen LogP contribution in [0, 0.1) is 5.92 Å². The molecule has 1 amide bonds. The van der Waals surface area contributed by atoms with Crippen molar-refractivity contribution >= 4 is 17.8 Å². The van der Waals surface area contributed by atoms with E-state index in [1.807, 2.05) is 12.1 Å². The van der Waals surface area contributed by atoms with Gasteiger partial charge in [-0.25, -0.2) is 9.59 Å². The number of fused-ring (bicyclic) bond motifs is 1. The average Bonchev–Trinajstić information content (AvgIpc) is 3.49. The second-order valence-electron chi connectivity index (χ2n) is 8.08. The summed E-state index contributed by atoms with van der Waals surface area (Å²) in [6, 6.07) is 8.36. The van der Waals surface area contributed by atoms with E-state index < -0.39 is 24.1 Å². The molecule has 2 fully saturated rings. The quantitative estimate of drug-likeness (QED) is 0.389. The summed E-state index contributed by atoms with van der Waals surface area (Å²) in [6.07, 6.45) is 3.43. The van der Waals surface area contributed by atoms with Crippen LogP contribution in [0.1, 0.15) is 56.6 Å². The Bertz CT molecular complexity index is 771. The molecule has 3 atom stereocenters. The van der Waals surface area contributed by atoms with E-state index in [1.165, 1.54) is 31.2 Å². The zero-order chi connectivity index (χ0) is 23.2. The Balaban J connectivity index is 0.000000185. The van der Waals surface area contributed by atoms with Gasteiger partial charge in [-0.05, 0) is 44.6 Å². The maximum absolute atomic E-state index is 9.98. The first-order valence-electron chi connectivity index (χ1n) is 10.2. The van der Waals surface area contributed by atoms with Gasteiger partial charge < -0.3 is 36.6 Å². The number of para-hydroxylation sites is 1. The maximum atomic E-state index is 9.98. The van der Waals surface area contributed by atoms with Crippen LogP contribution in [0.25, 0.3) is 0 Å². The first-order chi connectivity index (χ1) is 14.6. The third kappa shape index (κ3) is 6.91. The zero-order valence-electron chi connectivity index (χ0n) is 17.1. The number of aliphatic hydroxyl groups excluding tert-OH is 2. The van der Waals surface area contributed by atoms with Crippen molar-refractivity contribution in [1.29, 1.82) is 0 Å². The average molecular weight is 438 g/mol. The van der Waals surface area contributed by atoms with Crippen LogP contribution in [0.15, 0.2) is 24.3 Å². The summed E-state index contributed by atoms with van der Waals surface area (Å²) in [5, 5.41) is 32.5. The topological polar surface area (TPSA) is 193 Å². The van der Waals surface area contributed by atoms with Crippen LogP contribution in [-0.2, 0) is 14.4 Å². The molecule has 31 heavy (non-hydrogen) atoms. The Labute approximate surface area is 179 Å². The van der Waals surface area contributed by atoms with Gasteiger partial charge >= 0.3 is 11.9 Å². The van der Waals surface area contributed by atoms with E-state index in [-0.39, 0.29) is 23.5 Å². The van der Waals surface area contributed by atoms with Crippen molar-refractivity contribution in [3.63, 3.8) is 0 Å². The molecule has 172 valence electrons. The third-order valence-corrected chi connectivity index (χ3v) is 5.54. The number of amides is 1. The number of carbonyl (C=O) groups excluding carboxylic acids is 1.